The minimum Gasteiger partial charge on any atom is -0.378 e. The van der Waals surface area contributed by atoms with Gasteiger partial charge in [-0.3, -0.25) is 4.79 Å². The van der Waals surface area contributed by atoms with Crippen LogP contribution < -0.4 is 5.32 Å². The number of nitrogens with zero attached hydrogens (tertiary/aromatic N) is 1. The van der Waals surface area contributed by atoms with Gasteiger partial charge >= 0.3 is 0 Å². The van der Waals surface area contributed by atoms with Gasteiger partial charge in [-0.25, -0.2) is 0 Å². The van der Waals surface area contributed by atoms with E-state index in [1.807, 2.05) is 12.1 Å². The summed E-state index contributed by atoms with van der Waals surface area (Å²) in [6.07, 6.45) is 4.68. The van der Waals surface area contributed by atoms with Crippen molar-refractivity contribution in [3.63, 3.8) is 0 Å². The number of anilines is 1. The first-order chi connectivity index (χ1) is 9.76. The minimum absolute atomic E-state index is 0.0335. The summed E-state index contributed by atoms with van der Waals surface area (Å²) >= 11 is 0. The largest absolute Gasteiger partial charge is 0.378 e. The highest BCUT2D eigenvalue weighted by Gasteiger charge is 2.19. The molecule has 0 saturated carbocycles. The number of fused-ring (bicyclic) bond motifs is 1. The quantitative estimate of drug-likeness (QED) is 0.929. The van der Waals surface area contributed by atoms with Gasteiger partial charge in [-0.2, -0.15) is 0 Å². The van der Waals surface area contributed by atoms with E-state index >= 15 is 0 Å². The topological polar surface area (TPSA) is 43.3 Å². The Labute approximate surface area is 118 Å². The molecule has 1 aliphatic rings. The zero-order chi connectivity index (χ0) is 13.9. The molecule has 1 aliphatic heterocycles. The molecule has 0 aliphatic carbocycles. The van der Waals surface area contributed by atoms with Gasteiger partial charge in [0.25, 0.3) is 0 Å². The Morgan fingerprint density at radius 3 is 3.10 bits per heavy atom. The lowest BCUT2D eigenvalue weighted by Gasteiger charge is -2.10. The van der Waals surface area contributed by atoms with E-state index in [1.165, 1.54) is 5.52 Å². The first kappa shape index (κ1) is 13.2. The molecule has 1 N–H and O–H groups in total. The van der Waals surface area contributed by atoms with Gasteiger partial charge in [-0.1, -0.05) is 0 Å². The van der Waals surface area contributed by atoms with Crippen LogP contribution in [0.15, 0.2) is 30.5 Å². The molecule has 2 heterocycles. The van der Waals surface area contributed by atoms with E-state index < -0.39 is 0 Å². The third-order valence-electron chi connectivity index (χ3n) is 3.83. The number of hydrogen-bond donors (Lipinski definition) is 1. The van der Waals surface area contributed by atoms with Gasteiger partial charge in [0.15, 0.2) is 0 Å². The molecule has 20 heavy (non-hydrogen) atoms. The van der Waals surface area contributed by atoms with Crippen LogP contribution in [0.25, 0.3) is 10.9 Å². The van der Waals surface area contributed by atoms with Gasteiger partial charge in [0.2, 0.25) is 5.91 Å². The SMILES string of the molecule is CCn1ccc2cc(NC(=O)C[C@@H]3CCCO3)ccc21. The van der Waals surface area contributed by atoms with Crippen LogP contribution in [0.4, 0.5) is 5.69 Å². The molecule has 1 fully saturated rings. The van der Waals surface area contributed by atoms with Gasteiger partial charge in [0.1, 0.15) is 0 Å². The summed E-state index contributed by atoms with van der Waals surface area (Å²) in [5.41, 5.74) is 2.05. The molecule has 0 radical (unpaired) electrons. The summed E-state index contributed by atoms with van der Waals surface area (Å²) in [6.45, 7) is 3.86. The number of aryl methyl sites for hydroxylation is 1. The Balaban J connectivity index is 1.69. The van der Waals surface area contributed by atoms with Crippen molar-refractivity contribution in [1.29, 1.82) is 0 Å². The number of benzene rings is 1. The molecule has 1 atom stereocenters. The lowest BCUT2D eigenvalue weighted by molar-refractivity contribution is -0.118. The fourth-order valence-electron chi connectivity index (χ4n) is 2.78. The highest BCUT2D eigenvalue weighted by atomic mass is 16.5. The van der Waals surface area contributed by atoms with E-state index in [9.17, 15) is 4.79 Å². The Bertz CT molecular complexity index is 612. The number of hydrogen-bond acceptors (Lipinski definition) is 2. The molecule has 1 aromatic carbocycles. The zero-order valence-electron chi connectivity index (χ0n) is 11.8. The van der Waals surface area contributed by atoms with E-state index in [0.717, 1.165) is 37.1 Å². The van der Waals surface area contributed by atoms with Crippen molar-refractivity contribution >= 4 is 22.5 Å². The average Bonchev–Trinajstić information content (AvgIpc) is 3.07. The molecule has 106 valence electrons. The molecular weight excluding hydrogens is 252 g/mol. The number of carbonyl (C=O) groups is 1. The average molecular weight is 272 g/mol. The summed E-state index contributed by atoms with van der Waals surface area (Å²) in [4.78, 5) is 12.0. The number of rotatable bonds is 4. The normalized spacial score (nSPS) is 18.6. The van der Waals surface area contributed by atoms with E-state index in [0.29, 0.717) is 6.42 Å². The lowest BCUT2D eigenvalue weighted by Crippen LogP contribution is -2.19. The van der Waals surface area contributed by atoms with Crippen molar-refractivity contribution in [2.75, 3.05) is 11.9 Å². The summed E-state index contributed by atoms with van der Waals surface area (Å²) in [5, 5.41) is 4.11. The van der Waals surface area contributed by atoms with Crippen LogP contribution in [0, 0.1) is 0 Å². The first-order valence-electron chi connectivity index (χ1n) is 7.26. The van der Waals surface area contributed by atoms with Gasteiger partial charge < -0.3 is 14.6 Å². The van der Waals surface area contributed by atoms with Gasteiger partial charge in [0.05, 0.1) is 12.5 Å². The second kappa shape index (κ2) is 5.67. The zero-order valence-corrected chi connectivity index (χ0v) is 11.8. The maximum absolute atomic E-state index is 12.0. The molecule has 1 aromatic heterocycles. The Hall–Kier alpha value is -1.81. The Kier molecular flexibility index (Phi) is 3.74. The number of carbonyl (C=O) groups excluding carboxylic acids is 1. The van der Waals surface area contributed by atoms with Crippen LogP contribution >= 0.6 is 0 Å². The molecule has 0 spiro atoms. The third kappa shape index (κ3) is 2.70. The predicted octanol–water partition coefficient (Wildman–Crippen LogP) is 3.17. The van der Waals surface area contributed by atoms with Crippen LogP contribution in [0.1, 0.15) is 26.2 Å². The maximum Gasteiger partial charge on any atom is 0.226 e. The second-order valence-electron chi connectivity index (χ2n) is 5.26. The van der Waals surface area contributed by atoms with Crippen molar-refractivity contribution in [3.8, 4) is 0 Å². The Morgan fingerprint density at radius 2 is 2.35 bits per heavy atom. The van der Waals surface area contributed by atoms with Crippen LogP contribution in [0.2, 0.25) is 0 Å². The van der Waals surface area contributed by atoms with Crippen LogP contribution in [-0.2, 0) is 16.1 Å². The fourth-order valence-corrected chi connectivity index (χ4v) is 2.78. The second-order valence-corrected chi connectivity index (χ2v) is 5.26. The summed E-state index contributed by atoms with van der Waals surface area (Å²) in [7, 11) is 0. The van der Waals surface area contributed by atoms with E-state index in [-0.39, 0.29) is 12.0 Å². The standard InChI is InChI=1S/C16H20N2O2/c1-2-18-8-7-12-10-13(5-6-15(12)18)17-16(19)11-14-4-3-9-20-14/h5-8,10,14H,2-4,9,11H2,1H3,(H,17,19)/t14-/m0/s1. The molecule has 1 amide bonds. The van der Waals surface area contributed by atoms with Crippen LogP contribution in [0.5, 0.6) is 0 Å². The fraction of sp³-hybridized carbons (Fsp3) is 0.438. The van der Waals surface area contributed by atoms with E-state index in [1.54, 1.807) is 0 Å². The van der Waals surface area contributed by atoms with Gasteiger partial charge in [-0.15, -0.1) is 0 Å². The molecule has 1 saturated heterocycles. The smallest absolute Gasteiger partial charge is 0.226 e. The molecular formula is C16H20N2O2. The number of ether oxygens (including phenoxy) is 1. The van der Waals surface area contributed by atoms with Gasteiger partial charge in [-0.05, 0) is 44.0 Å². The van der Waals surface area contributed by atoms with Crippen LogP contribution in [-0.4, -0.2) is 23.2 Å². The van der Waals surface area contributed by atoms with E-state index in [2.05, 4.69) is 35.1 Å². The summed E-state index contributed by atoms with van der Waals surface area (Å²) < 4.78 is 7.67. The Morgan fingerprint density at radius 1 is 1.45 bits per heavy atom. The molecule has 4 heteroatoms. The van der Waals surface area contributed by atoms with Gasteiger partial charge in [0, 0.05) is 35.9 Å². The minimum atomic E-state index is 0.0335. The maximum atomic E-state index is 12.0. The summed E-state index contributed by atoms with van der Waals surface area (Å²) in [5.74, 6) is 0.0335. The van der Waals surface area contributed by atoms with Crippen molar-refractivity contribution in [2.24, 2.45) is 0 Å². The highest BCUT2D eigenvalue weighted by Crippen LogP contribution is 2.21. The monoisotopic (exact) mass is 272 g/mol. The molecule has 2 aromatic rings. The van der Waals surface area contributed by atoms with E-state index in [4.69, 9.17) is 4.74 Å². The van der Waals surface area contributed by atoms with Crippen molar-refractivity contribution in [3.05, 3.63) is 30.5 Å². The lowest BCUT2D eigenvalue weighted by atomic mass is 10.1. The number of amides is 1. The van der Waals surface area contributed by atoms with Crippen LogP contribution in [0.3, 0.4) is 0 Å². The predicted molar refractivity (Wildman–Crippen MR) is 79.8 cm³/mol. The molecule has 0 bridgehead atoms. The molecule has 0 unspecified atom stereocenters. The summed E-state index contributed by atoms with van der Waals surface area (Å²) in [6, 6.07) is 8.12. The highest BCUT2D eigenvalue weighted by molar-refractivity contribution is 5.94. The van der Waals surface area contributed by atoms with Crippen molar-refractivity contribution in [2.45, 2.75) is 38.8 Å². The van der Waals surface area contributed by atoms with Crippen molar-refractivity contribution < 1.29 is 9.53 Å². The third-order valence-corrected chi connectivity index (χ3v) is 3.83. The number of nitrogens with one attached hydrogen (secondary N) is 1. The van der Waals surface area contributed by atoms with Crippen molar-refractivity contribution in [1.82, 2.24) is 4.57 Å². The molecule has 4 nitrogen and oxygen atoms in total. The number of aromatic nitrogens is 1. The molecule has 3 rings (SSSR count). The first-order valence-corrected chi connectivity index (χ1v) is 7.26.